The molecule has 0 N–H and O–H groups in total. The molecule has 0 aromatic heterocycles. The van der Waals surface area contributed by atoms with E-state index in [0.717, 1.165) is 33.3 Å². The van der Waals surface area contributed by atoms with Gasteiger partial charge < -0.3 is 23.8 Å². The van der Waals surface area contributed by atoms with Gasteiger partial charge in [0.05, 0.1) is 45.3 Å². The number of methoxy groups -OCH3 is 4. The van der Waals surface area contributed by atoms with Gasteiger partial charge in [-0.2, -0.15) is 0 Å². The average molecular weight is 419 g/mol. The van der Waals surface area contributed by atoms with Gasteiger partial charge in [-0.15, -0.1) is 0 Å². The number of carbonyl (C=O) groups is 4. The van der Waals surface area contributed by atoms with Gasteiger partial charge in [0, 0.05) is 4.90 Å². The Morgan fingerprint density at radius 1 is 0.793 bits per heavy atom. The number of esters is 4. The van der Waals surface area contributed by atoms with Crippen molar-refractivity contribution in [3.63, 3.8) is 0 Å². The SMILES string of the molecule is COC(=O)C1=C(C(=O)OC)C2Sc3ccccc3N2C(C(=O)OC)=C1C(=O)OC. The number of nitrogens with zero attached hydrogens (tertiary/aromatic N) is 1. The Kier molecular flexibility index (Phi) is 5.64. The molecule has 3 rings (SSSR count). The molecule has 2 aliphatic heterocycles. The molecule has 2 heterocycles. The third-order valence-electron chi connectivity index (χ3n) is 4.40. The first kappa shape index (κ1) is 20.5. The van der Waals surface area contributed by atoms with Gasteiger partial charge in [-0.05, 0) is 12.1 Å². The maximum Gasteiger partial charge on any atom is 0.355 e. The fourth-order valence-corrected chi connectivity index (χ4v) is 4.54. The molecule has 0 bridgehead atoms. The van der Waals surface area contributed by atoms with E-state index < -0.39 is 40.4 Å². The molecule has 0 radical (unpaired) electrons. The van der Waals surface area contributed by atoms with Crippen LogP contribution < -0.4 is 4.90 Å². The summed E-state index contributed by atoms with van der Waals surface area (Å²) in [6, 6.07) is 7.04. The van der Waals surface area contributed by atoms with Crippen LogP contribution in [0.2, 0.25) is 0 Å². The number of fused-ring (bicyclic) bond motifs is 3. The van der Waals surface area contributed by atoms with Crippen molar-refractivity contribution in [1.82, 2.24) is 0 Å². The highest BCUT2D eigenvalue weighted by Gasteiger charge is 2.50. The second-order valence-corrected chi connectivity index (χ2v) is 6.91. The van der Waals surface area contributed by atoms with E-state index >= 15 is 0 Å². The van der Waals surface area contributed by atoms with E-state index in [-0.39, 0.29) is 11.3 Å². The van der Waals surface area contributed by atoms with Crippen LogP contribution >= 0.6 is 11.8 Å². The lowest BCUT2D eigenvalue weighted by molar-refractivity contribution is -0.142. The van der Waals surface area contributed by atoms with Gasteiger partial charge in [-0.25, -0.2) is 19.2 Å². The predicted octanol–water partition coefficient (Wildman–Crippen LogP) is 1.18. The number of anilines is 1. The van der Waals surface area contributed by atoms with Gasteiger partial charge in [-0.1, -0.05) is 23.9 Å². The zero-order valence-corrected chi connectivity index (χ0v) is 16.8. The van der Waals surface area contributed by atoms with Crippen molar-refractivity contribution in [3.05, 3.63) is 46.7 Å². The maximum absolute atomic E-state index is 12.7. The molecule has 0 saturated heterocycles. The summed E-state index contributed by atoms with van der Waals surface area (Å²) in [5.74, 6) is -3.70. The van der Waals surface area contributed by atoms with E-state index in [1.807, 2.05) is 0 Å². The molecular formula is C19H17NO8S. The predicted molar refractivity (Wildman–Crippen MR) is 101 cm³/mol. The third-order valence-corrected chi connectivity index (χ3v) is 5.67. The average Bonchev–Trinajstić information content (AvgIpc) is 3.14. The van der Waals surface area contributed by atoms with Gasteiger partial charge in [0.2, 0.25) is 0 Å². The Bertz CT molecular complexity index is 980. The fraction of sp³-hybridized carbons (Fsp3) is 0.263. The number of ether oxygens (including phenoxy) is 4. The van der Waals surface area contributed by atoms with E-state index in [9.17, 15) is 19.2 Å². The van der Waals surface area contributed by atoms with Crippen LogP contribution in [0.5, 0.6) is 0 Å². The smallest absolute Gasteiger partial charge is 0.355 e. The van der Waals surface area contributed by atoms with Gasteiger partial charge in [0.15, 0.2) is 0 Å². The number of benzene rings is 1. The summed E-state index contributed by atoms with van der Waals surface area (Å²) in [7, 11) is 4.49. The molecule has 1 atom stereocenters. The first-order chi connectivity index (χ1) is 13.9. The van der Waals surface area contributed by atoms with E-state index in [0.29, 0.717) is 5.69 Å². The van der Waals surface area contributed by atoms with E-state index in [4.69, 9.17) is 18.9 Å². The number of hydrogen-bond acceptors (Lipinski definition) is 10. The highest BCUT2D eigenvalue weighted by atomic mass is 32.2. The Hall–Kier alpha value is -3.27. The molecule has 0 spiro atoms. The molecule has 1 aromatic carbocycles. The van der Waals surface area contributed by atoms with Gasteiger partial charge >= 0.3 is 23.9 Å². The highest BCUT2D eigenvalue weighted by molar-refractivity contribution is 8.00. The molecular weight excluding hydrogens is 402 g/mol. The summed E-state index contributed by atoms with van der Waals surface area (Å²) in [4.78, 5) is 52.9. The van der Waals surface area contributed by atoms with E-state index in [1.165, 1.54) is 16.7 Å². The maximum atomic E-state index is 12.7. The molecule has 1 aromatic rings. The van der Waals surface area contributed by atoms with Crippen LogP contribution in [-0.2, 0) is 38.1 Å². The zero-order valence-electron chi connectivity index (χ0n) is 16.0. The molecule has 0 fully saturated rings. The minimum atomic E-state index is -1.000. The zero-order chi connectivity index (χ0) is 21.3. The van der Waals surface area contributed by atoms with Crippen LogP contribution in [0.25, 0.3) is 0 Å². The molecule has 0 amide bonds. The number of thioether (sulfide) groups is 1. The lowest BCUT2D eigenvalue weighted by Crippen LogP contribution is -2.44. The second-order valence-electron chi connectivity index (χ2n) is 5.79. The van der Waals surface area contributed by atoms with Crippen LogP contribution in [0.15, 0.2) is 51.6 Å². The molecule has 10 heteroatoms. The van der Waals surface area contributed by atoms with Crippen LogP contribution in [0, 0.1) is 0 Å². The summed E-state index contributed by atoms with van der Waals surface area (Å²) in [6.07, 6.45) is 0. The fourth-order valence-electron chi connectivity index (χ4n) is 3.20. The normalized spacial score (nSPS) is 17.4. The monoisotopic (exact) mass is 419 g/mol. The van der Waals surface area contributed by atoms with E-state index in [2.05, 4.69) is 0 Å². The summed E-state index contributed by atoms with van der Waals surface area (Å²) < 4.78 is 19.4. The quantitative estimate of drug-likeness (QED) is 0.521. The summed E-state index contributed by atoms with van der Waals surface area (Å²) in [6.45, 7) is 0. The van der Waals surface area contributed by atoms with E-state index in [1.54, 1.807) is 24.3 Å². The molecule has 0 aliphatic carbocycles. The topological polar surface area (TPSA) is 108 Å². The Labute approximate surface area is 170 Å². The third kappa shape index (κ3) is 3.15. The lowest BCUT2D eigenvalue weighted by Gasteiger charge is -2.34. The van der Waals surface area contributed by atoms with Crippen LogP contribution in [0.4, 0.5) is 5.69 Å². The van der Waals surface area contributed by atoms with Gasteiger partial charge in [0.1, 0.15) is 16.6 Å². The second kappa shape index (κ2) is 8.00. The first-order valence-electron chi connectivity index (χ1n) is 8.28. The molecule has 0 saturated carbocycles. The minimum Gasteiger partial charge on any atom is -0.466 e. The van der Waals surface area contributed by atoms with Crippen molar-refractivity contribution >= 4 is 41.3 Å². The molecule has 152 valence electrons. The van der Waals surface area contributed by atoms with Crippen molar-refractivity contribution < 1.29 is 38.1 Å². The Morgan fingerprint density at radius 2 is 1.34 bits per heavy atom. The largest absolute Gasteiger partial charge is 0.466 e. The number of carbonyl (C=O) groups excluding carboxylic acids is 4. The molecule has 29 heavy (non-hydrogen) atoms. The van der Waals surface area contributed by atoms with Crippen molar-refractivity contribution in [2.24, 2.45) is 0 Å². The number of hydrogen-bond donors (Lipinski definition) is 0. The first-order valence-corrected chi connectivity index (χ1v) is 9.16. The Morgan fingerprint density at radius 3 is 1.93 bits per heavy atom. The van der Waals surface area contributed by atoms with Crippen molar-refractivity contribution in [3.8, 4) is 0 Å². The molecule has 9 nitrogen and oxygen atoms in total. The summed E-state index contributed by atoms with van der Waals surface area (Å²) in [5, 5.41) is -0.851. The van der Waals surface area contributed by atoms with Crippen LogP contribution in [-0.4, -0.2) is 57.7 Å². The van der Waals surface area contributed by atoms with Crippen molar-refractivity contribution in [1.29, 1.82) is 0 Å². The Balaban J connectivity index is 2.45. The van der Waals surface area contributed by atoms with Gasteiger partial charge in [-0.3, -0.25) is 0 Å². The standard InChI is InChI=1S/C19H17NO8S/c1-25-16(21)11-12(17(22)26-2)14(19(24)28-4)20-9-7-5-6-8-10(9)29-15(20)13(11)18(23)27-3/h5-8,15H,1-4H3. The van der Waals surface area contributed by atoms with Crippen molar-refractivity contribution in [2.45, 2.75) is 10.3 Å². The summed E-state index contributed by atoms with van der Waals surface area (Å²) in [5.41, 5.74) is -0.619. The summed E-state index contributed by atoms with van der Waals surface area (Å²) >= 11 is 1.22. The number of para-hydroxylation sites is 1. The number of rotatable bonds is 4. The van der Waals surface area contributed by atoms with Gasteiger partial charge in [0.25, 0.3) is 0 Å². The van der Waals surface area contributed by atoms with Crippen LogP contribution in [0.1, 0.15) is 0 Å². The van der Waals surface area contributed by atoms with Crippen LogP contribution in [0.3, 0.4) is 0 Å². The minimum absolute atomic E-state index is 0.131. The molecule has 2 aliphatic rings. The lowest BCUT2D eigenvalue weighted by atomic mass is 9.92. The molecule has 1 unspecified atom stereocenters. The van der Waals surface area contributed by atoms with Crippen molar-refractivity contribution in [2.75, 3.05) is 33.3 Å². The highest BCUT2D eigenvalue weighted by Crippen LogP contribution is 2.52.